The Kier molecular flexibility index (Phi) is 4.13. The van der Waals surface area contributed by atoms with Crippen molar-refractivity contribution in [3.8, 4) is 11.5 Å². The molecule has 6 heteroatoms. The van der Waals surface area contributed by atoms with E-state index in [4.69, 9.17) is 4.42 Å². The molecule has 0 atom stereocenters. The van der Waals surface area contributed by atoms with E-state index in [1.54, 1.807) is 6.92 Å². The van der Waals surface area contributed by atoms with Crippen LogP contribution in [0.4, 0.5) is 13.2 Å². The van der Waals surface area contributed by atoms with Gasteiger partial charge in [-0.3, -0.25) is 0 Å². The standard InChI is InChI=1S/C14H13F3INO/c1-7(2)11-12(18)19-13(20-11)10-5-4-9(6-8(10)3)14(15,16)17/h4-7H,1-3H3. The zero-order valence-electron chi connectivity index (χ0n) is 11.2. The molecule has 1 aromatic carbocycles. The molecule has 0 spiro atoms. The van der Waals surface area contributed by atoms with Crippen LogP contribution in [0, 0.1) is 10.6 Å². The molecular weight excluding hydrogens is 382 g/mol. The maximum atomic E-state index is 12.6. The van der Waals surface area contributed by atoms with Gasteiger partial charge >= 0.3 is 6.18 Å². The van der Waals surface area contributed by atoms with Crippen LogP contribution in [0.3, 0.4) is 0 Å². The van der Waals surface area contributed by atoms with Gasteiger partial charge in [-0.05, 0) is 53.3 Å². The smallest absolute Gasteiger partial charge is 0.416 e. The van der Waals surface area contributed by atoms with E-state index in [2.05, 4.69) is 27.6 Å². The summed E-state index contributed by atoms with van der Waals surface area (Å²) in [5, 5.41) is 0. The summed E-state index contributed by atoms with van der Waals surface area (Å²) in [5.41, 5.74) is 0.416. The number of hydrogen-bond donors (Lipinski definition) is 0. The monoisotopic (exact) mass is 395 g/mol. The lowest BCUT2D eigenvalue weighted by atomic mass is 10.0. The summed E-state index contributed by atoms with van der Waals surface area (Å²) in [7, 11) is 0. The summed E-state index contributed by atoms with van der Waals surface area (Å²) in [6.45, 7) is 5.58. The Bertz CT molecular complexity index is 632. The van der Waals surface area contributed by atoms with Gasteiger partial charge in [-0.25, -0.2) is 4.98 Å². The Hall–Kier alpha value is -1.05. The fourth-order valence-electron chi connectivity index (χ4n) is 1.86. The van der Waals surface area contributed by atoms with Gasteiger partial charge in [0.15, 0.2) is 0 Å². The van der Waals surface area contributed by atoms with Crippen molar-refractivity contribution in [2.45, 2.75) is 32.9 Å². The highest BCUT2D eigenvalue weighted by Crippen LogP contribution is 2.34. The molecule has 0 N–H and O–H groups in total. The molecule has 2 rings (SSSR count). The summed E-state index contributed by atoms with van der Waals surface area (Å²) in [5.74, 6) is 1.29. The molecule has 108 valence electrons. The molecule has 0 aliphatic heterocycles. The van der Waals surface area contributed by atoms with Crippen molar-refractivity contribution in [2.75, 3.05) is 0 Å². The maximum absolute atomic E-state index is 12.6. The average molecular weight is 395 g/mol. The largest absolute Gasteiger partial charge is 0.440 e. The van der Waals surface area contributed by atoms with Crippen LogP contribution in [-0.2, 0) is 6.18 Å². The van der Waals surface area contributed by atoms with E-state index in [0.717, 1.165) is 21.6 Å². The second-order valence-corrected chi connectivity index (χ2v) is 5.88. The molecule has 1 heterocycles. The first kappa shape index (κ1) is 15.3. The fraction of sp³-hybridized carbons (Fsp3) is 0.357. The molecule has 1 aromatic heterocycles. The first-order valence-electron chi connectivity index (χ1n) is 6.04. The zero-order valence-corrected chi connectivity index (χ0v) is 13.3. The third-order valence-corrected chi connectivity index (χ3v) is 3.69. The number of hydrogen-bond acceptors (Lipinski definition) is 2. The Morgan fingerprint density at radius 1 is 1.25 bits per heavy atom. The van der Waals surface area contributed by atoms with E-state index in [-0.39, 0.29) is 5.92 Å². The molecule has 0 aliphatic carbocycles. The molecule has 20 heavy (non-hydrogen) atoms. The molecule has 2 nitrogen and oxygen atoms in total. The normalized spacial score (nSPS) is 12.2. The third kappa shape index (κ3) is 2.99. The minimum Gasteiger partial charge on any atom is -0.440 e. The Labute approximate surface area is 128 Å². The zero-order chi connectivity index (χ0) is 15.1. The van der Waals surface area contributed by atoms with Crippen molar-refractivity contribution in [3.05, 3.63) is 38.8 Å². The molecule has 0 radical (unpaired) electrons. The van der Waals surface area contributed by atoms with Crippen LogP contribution in [0.1, 0.15) is 36.7 Å². The highest BCUT2D eigenvalue weighted by atomic mass is 127. The third-order valence-electron chi connectivity index (χ3n) is 2.92. The number of benzene rings is 1. The van der Waals surface area contributed by atoms with Crippen LogP contribution in [0.2, 0.25) is 0 Å². The van der Waals surface area contributed by atoms with E-state index in [0.29, 0.717) is 17.0 Å². The van der Waals surface area contributed by atoms with Gasteiger partial charge in [0.05, 0.1) is 5.56 Å². The number of aromatic nitrogens is 1. The van der Waals surface area contributed by atoms with Gasteiger partial charge in [-0.15, -0.1) is 0 Å². The van der Waals surface area contributed by atoms with Crippen molar-refractivity contribution in [3.63, 3.8) is 0 Å². The highest BCUT2D eigenvalue weighted by Gasteiger charge is 2.31. The fourth-order valence-corrected chi connectivity index (χ4v) is 2.82. The predicted octanol–water partition coefficient (Wildman–Crippen LogP) is 5.40. The minimum atomic E-state index is -4.34. The summed E-state index contributed by atoms with van der Waals surface area (Å²) >= 11 is 2.07. The van der Waals surface area contributed by atoms with Gasteiger partial charge in [0, 0.05) is 11.5 Å². The lowest BCUT2D eigenvalue weighted by molar-refractivity contribution is -0.137. The maximum Gasteiger partial charge on any atom is 0.416 e. The summed E-state index contributed by atoms with van der Waals surface area (Å²) in [6.07, 6.45) is -4.34. The number of alkyl halides is 3. The average Bonchev–Trinajstić information content (AvgIpc) is 2.69. The topological polar surface area (TPSA) is 26.0 Å². The minimum absolute atomic E-state index is 0.179. The lowest BCUT2D eigenvalue weighted by Crippen LogP contribution is -2.05. The SMILES string of the molecule is Cc1cc(C(F)(F)F)ccc1-c1nc(I)c(C(C)C)o1. The lowest BCUT2D eigenvalue weighted by Gasteiger charge is -2.09. The van der Waals surface area contributed by atoms with Crippen LogP contribution >= 0.6 is 22.6 Å². The molecular formula is C14H13F3INO. The highest BCUT2D eigenvalue weighted by molar-refractivity contribution is 14.1. The van der Waals surface area contributed by atoms with Crippen molar-refractivity contribution >= 4 is 22.6 Å². The molecule has 0 saturated heterocycles. The molecule has 2 aromatic rings. The predicted molar refractivity (Wildman–Crippen MR) is 78.5 cm³/mol. The van der Waals surface area contributed by atoms with Crippen molar-refractivity contribution in [1.82, 2.24) is 4.98 Å². The van der Waals surface area contributed by atoms with Crippen LogP contribution < -0.4 is 0 Å². The van der Waals surface area contributed by atoms with Crippen LogP contribution in [-0.4, -0.2) is 4.98 Å². The van der Waals surface area contributed by atoms with E-state index in [1.165, 1.54) is 6.07 Å². The molecule has 0 amide bonds. The van der Waals surface area contributed by atoms with Crippen LogP contribution in [0.5, 0.6) is 0 Å². The number of oxazole rings is 1. The van der Waals surface area contributed by atoms with Gasteiger partial charge in [-0.2, -0.15) is 13.2 Å². The summed E-state index contributed by atoms with van der Waals surface area (Å²) in [4.78, 5) is 4.29. The van der Waals surface area contributed by atoms with E-state index in [9.17, 15) is 13.2 Å². The van der Waals surface area contributed by atoms with Crippen LogP contribution in [0.15, 0.2) is 22.6 Å². The summed E-state index contributed by atoms with van der Waals surface area (Å²) < 4.78 is 44.3. The number of halogens is 4. The second kappa shape index (κ2) is 5.38. The first-order valence-corrected chi connectivity index (χ1v) is 7.12. The molecule has 0 bridgehead atoms. The van der Waals surface area contributed by atoms with Gasteiger partial charge < -0.3 is 4.42 Å². The Morgan fingerprint density at radius 2 is 1.90 bits per heavy atom. The Morgan fingerprint density at radius 3 is 2.35 bits per heavy atom. The van der Waals surface area contributed by atoms with Crippen molar-refractivity contribution in [1.29, 1.82) is 0 Å². The first-order chi connectivity index (χ1) is 9.20. The molecule has 0 saturated carbocycles. The van der Waals surface area contributed by atoms with Gasteiger partial charge in [-0.1, -0.05) is 13.8 Å². The molecule has 0 fully saturated rings. The summed E-state index contributed by atoms with van der Waals surface area (Å²) in [6, 6.07) is 3.57. The van der Waals surface area contributed by atoms with Crippen molar-refractivity contribution in [2.24, 2.45) is 0 Å². The Balaban J connectivity index is 2.46. The van der Waals surface area contributed by atoms with Gasteiger partial charge in [0.25, 0.3) is 0 Å². The number of rotatable bonds is 2. The van der Waals surface area contributed by atoms with E-state index >= 15 is 0 Å². The van der Waals surface area contributed by atoms with Crippen molar-refractivity contribution < 1.29 is 17.6 Å². The number of aryl methyl sites for hydroxylation is 1. The number of nitrogens with zero attached hydrogens (tertiary/aromatic N) is 1. The quantitative estimate of drug-likeness (QED) is 0.637. The molecule has 0 unspecified atom stereocenters. The second-order valence-electron chi connectivity index (χ2n) is 4.86. The van der Waals surface area contributed by atoms with Crippen LogP contribution in [0.25, 0.3) is 11.5 Å². The molecule has 0 aliphatic rings. The van der Waals surface area contributed by atoms with E-state index in [1.807, 2.05) is 13.8 Å². The van der Waals surface area contributed by atoms with Gasteiger partial charge in [0.2, 0.25) is 5.89 Å². The van der Waals surface area contributed by atoms with Gasteiger partial charge in [0.1, 0.15) is 9.46 Å². The van der Waals surface area contributed by atoms with E-state index < -0.39 is 11.7 Å².